The van der Waals surface area contributed by atoms with E-state index in [0.717, 1.165) is 23.7 Å². The summed E-state index contributed by atoms with van der Waals surface area (Å²) in [6.45, 7) is 1.07. The molecule has 1 aliphatic rings. The number of nitrogens with two attached hydrogens (primary N) is 1. The number of rotatable bonds is 4. The Bertz CT molecular complexity index is 571. The molecule has 1 unspecified atom stereocenters. The number of sulfonamides is 1. The van der Waals surface area contributed by atoms with Crippen LogP contribution in [-0.2, 0) is 14.8 Å². The fourth-order valence-corrected chi connectivity index (χ4v) is 3.93. The Morgan fingerprint density at radius 1 is 1.45 bits per heavy atom. The highest BCUT2D eigenvalue weighted by molar-refractivity contribution is 9.10. The molecular formula is C13H19BrN2O3S. The Kier molecular flexibility index (Phi) is 5.06. The maximum absolute atomic E-state index is 12.5. The number of likely N-dealkylation sites (N-methyl/N-ethyl adjacent to an activating group) is 1. The Labute approximate surface area is 128 Å². The molecule has 0 aromatic heterocycles. The predicted octanol–water partition coefficient (Wildman–Crippen LogP) is 2.22. The van der Waals surface area contributed by atoms with E-state index in [9.17, 15) is 8.42 Å². The van der Waals surface area contributed by atoms with Gasteiger partial charge in [0.25, 0.3) is 0 Å². The minimum absolute atomic E-state index is 0.0276. The molecule has 0 radical (unpaired) electrons. The summed E-state index contributed by atoms with van der Waals surface area (Å²) in [5.74, 6) is 0. The molecule has 1 saturated heterocycles. The van der Waals surface area contributed by atoms with Crippen LogP contribution in [0, 0.1) is 0 Å². The van der Waals surface area contributed by atoms with E-state index < -0.39 is 10.0 Å². The molecule has 1 fully saturated rings. The lowest BCUT2D eigenvalue weighted by molar-refractivity contribution is 0.00859. The van der Waals surface area contributed by atoms with Crippen LogP contribution in [0.15, 0.2) is 27.6 Å². The van der Waals surface area contributed by atoms with Crippen LogP contribution >= 0.6 is 15.9 Å². The molecule has 1 heterocycles. The molecule has 0 amide bonds. The van der Waals surface area contributed by atoms with Gasteiger partial charge in [-0.2, -0.15) is 4.31 Å². The van der Waals surface area contributed by atoms with Gasteiger partial charge in [0, 0.05) is 24.7 Å². The summed E-state index contributed by atoms with van der Waals surface area (Å²) in [7, 11) is -2.01. The predicted molar refractivity (Wildman–Crippen MR) is 82.0 cm³/mol. The molecule has 20 heavy (non-hydrogen) atoms. The van der Waals surface area contributed by atoms with Crippen molar-refractivity contribution < 1.29 is 13.2 Å². The Hall–Kier alpha value is -0.630. The van der Waals surface area contributed by atoms with E-state index in [1.165, 1.54) is 10.4 Å². The normalized spacial score (nSPS) is 20.2. The van der Waals surface area contributed by atoms with Crippen LogP contribution in [0.4, 0.5) is 5.69 Å². The SMILES string of the molecule is CN(CC1CCCCO1)S(=O)(=O)c1ccc(Br)cc1N. The van der Waals surface area contributed by atoms with Gasteiger partial charge in [-0.1, -0.05) is 15.9 Å². The first-order valence-corrected chi connectivity index (χ1v) is 8.77. The largest absolute Gasteiger partial charge is 0.398 e. The van der Waals surface area contributed by atoms with Crippen LogP contribution < -0.4 is 5.73 Å². The van der Waals surface area contributed by atoms with Crippen LogP contribution in [0.5, 0.6) is 0 Å². The van der Waals surface area contributed by atoms with Crippen molar-refractivity contribution in [3.8, 4) is 0 Å². The molecule has 0 bridgehead atoms. The second-order valence-electron chi connectivity index (χ2n) is 4.96. The van der Waals surface area contributed by atoms with Crippen molar-refractivity contribution >= 4 is 31.6 Å². The van der Waals surface area contributed by atoms with E-state index >= 15 is 0 Å². The molecule has 7 heteroatoms. The molecule has 1 aliphatic heterocycles. The van der Waals surface area contributed by atoms with Gasteiger partial charge in [-0.05, 0) is 37.5 Å². The highest BCUT2D eigenvalue weighted by Crippen LogP contribution is 2.26. The fourth-order valence-electron chi connectivity index (χ4n) is 2.26. The number of hydrogen-bond donors (Lipinski definition) is 1. The van der Waals surface area contributed by atoms with Gasteiger partial charge < -0.3 is 10.5 Å². The third kappa shape index (κ3) is 3.52. The van der Waals surface area contributed by atoms with Crippen LogP contribution in [0.25, 0.3) is 0 Å². The van der Waals surface area contributed by atoms with Crippen molar-refractivity contribution in [3.63, 3.8) is 0 Å². The van der Waals surface area contributed by atoms with E-state index in [1.54, 1.807) is 19.2 Å². The number of halogens is 1. The average Bonchev–Trinajstić information content (AvgIpc) is 2.39. The molecule has 2 rings (SSSR count). The molecule has 5 nitrogen and oxygen atoms in total. The molecule has 1 aromatic rings. The first-order valence-electron chi connectivity index (χ1n) is 6.54. The number of hydrogen-bond acceptors (Lipinski definition) is 4. The summed E-state index contributed by atoms with van der Waals surface area (Å²) < 4.78 is 32.7. The molecule has 0 saturated carbocycles. The molecule has 2 N–H and O–H groups in total. The standard InChI is InChI=1S/C13H19BrN2O3S/c1-16(9-11-4-2-3-7-19-11)20(17,18)13-6-5-10(14)8-12(13)15/h5-6,8,11H,2-4,7,9,15H2,1H3. The lowest BCUT2D eigenvalue weighted by Gasteiger charge is -2.27. The van der Waals surface area contributed by atoms with E-state index in [-0.39, 0.29) is 16.7 Å². The van der Waals surface area contributed by atoms with Gasteiger partial charge in [-0.15, -0.1) is 0 Å². The third-order valence-electron chi connectivity index (χ3n) is 3.39. The average molecular weight is 363 g/mol. The second-order valence-corrected chi connectivity index (χ2v) is 7.89. The molecule has 1 aromatic carbocycles. The van der Waals surface area contributed by atoms with Gasteiger partial charge in [0.15, 0.2) is 0 Å². The van der Waals surface area contributed by atoms with Crippen LogP contribution in [-0.4, -0.2) is 39.0 Å². The van der Waals surface area contributed by atoms with Crippen molar-refractivity contribution in [2.45, 2.75) is 30.3 Å². The smallest absolute Gasteiger partial charge is 0.244 e. The van der Waals surface area contributed by atoms with Crippen LogP contribution in [0.3, 0.4) is 0 Å². The molecule has 0 aliphatic carbocycles. The van der Waals surface area contributed by atoms with Crippen molar-refractivity contribution in [1.29, 1.82) is 0 Å². The second kappa shape index (κ2) is 6.43. The maximum atomic E-state index is 12.5. The highest BCUT2D eigenvalue weighted by atomic mass is 79.9. The number of nitrogens with zero attached hydrogens (tertiary/aromatic N) is 1. The van der Waals surface area contributed by atoms with Gasteiger partial charge in [0.05, 0.1) is 11.8 Å². The summed E-state index contributed by atoms with van der Waals surface area (Å²) in [5, 5.41) is 0. The first kappa shape index (κ1) is 15.8. The lowest BCUT2D eigenvalue weighted by Crippen LogP contribution is -2.37. The maximum Gasteiger partial charge on any atom is 0.244 e. The molecular weight excluding hydrogens is 344 g/mol. The molecule has 0 spiro atoms. The summed E-state index contributed by atoms with van der Waals surface area (Å²) in [4.78, 5) is 0.138. The van der Waals surface area contributed by atoms with Gasteiger partial charge in [-0.3, -0.25) is 0 Å². The molecule has 1 atom stereocenters. The van der Waals surface area contributed by atoms with Crippen molar-refractivity contribution in [3.05, 3.63) is 22.7 Å². The van der Waals surface area contributed by atoms with Crippen molar-refractivity contribution in [2.75, 3.05) is 25.9 Å². The summed E-state index contributed by atoms with van der Waals surface area (Å²) in [6.07, 6.45) is 3.00. The Morgan fingerprint density at radius 3 is 2.80 bits per heavy atom. The minimum atomic E-state index is -3.58. The van der Waals surface area contributed by atoms with Crippen LogP contribution in [0.1, 0.15) is 19.3 Å². The Morgan fingerprint density at radius 2 is 2.20 bits per heavy atom. The third-order valence-corrected chi connectivity index (χ3v) is 5.79. The Balaban J connectivity index is 2.16. The monoisotopic (exact) mass is 362 g/mol. The number of nitrogen functional groups attached to an aromatic ring is 1. The van der Waals surface area contributed by atoms with E-state index in [2.05, 4.69) is 15.9 Å². The zero-order chi connectivity index (χ0) is 14.8. The zero-order valence-electron chi connectivity index (χ0n) is 11.4. The topological polar surface area (TPSA) is 72.6 Å². The first-order chi connectivity index (χ1) is 9.41. The summed E-state index contributed by atoms with van der Waals surface area (Å²) in [5.41, 5.74) is 6.06. The van der Waals surface area contributed by atoms with E-state index in [0.29, 0.717) is 13.2 Å². The van der Waals surface area contributed by atoms with Gasteiger partial charge in [-0.25, -0.2) is 8.42 Å². The van der Waals surface area contributed by atoms with E-state index in [1.807, 2.05) is 0 Å². The zero-order valence-corrected chi connectivity index (χ0v) is 13.8. The fraction of sp³-hybridized carbons (Fsp3) is 0.538. The van der Waals surface area contributed by atoms with Crippen molar-refractivity contribution in [2.24, 2.45) is 0 Å². The minimum Gasteiger partial charge on any atom is -0.398 e. The quantitative estimate of drug-likeness (QED) is 0.833. The van der Waals surface area contributed by atoms with E-state index in [4.69, 9.17) is 10.5 Å². The molecule has 112 valence electrons. The summed E-state index contributed by atoms with van der Waals surface area (Å²) in [6, 6.07) is 4.79. The van der Waals surface area contributed by atoms with Crippen molar-refractivity contribution in [1.82, 2.24) is 4.31 Å². The summed E-state index contributed by atoms with van der Waals surface area (Å²) >= 11 is 3.27. The number of ether oxygens (including phenoxy) is 1. The highest BCUT2D eigenvalue weighted by Gasteiger charge is 2.26. The van der Waals surface area contributed by atoms with Gasteiger partial charge >= 0.3 is 0 Å². The number of benzene rings is 1. The lowest BCUT2D eigenvalue weighted by atomic mass is 10.1. The van der Waals surface area contributed by atoms with Gasteiger partial charge in [0.1, 0.15) is 4.90 Å². The van der Waals surface area contributed by atoms with Gasteiger partial charge in [0.2, 0.25) is 10.0 Å². The van der Waals surface area contributed by atoms with Crippen LogP contribution in [0.2, 0.25) is 0 Å². The number of anilines is 1.